The predicted octanol–water partition coefficient (Wildman–Crippen LogP) is 4.43. The second-order valence-electron chi connectivity index (χ2n) is 7.71. The molecule has 1 aliphatic rings. The van der Waals surface area contributed by atoms with E-state index in [-0.39, 0.29) is 0 Å². The molecule has 0 amide bonds. The average molecular weight is 516 g/mol. The highest BCUT2D eigenvalue weighted by Crippen LogP contribution is 2.43. The number of carbonyl (C=O) groups excluding carboxylic acids is 2. The Morgan fingerprint density at radius 1 is 1.03 bits per heavy atom. The topological polar surface area (TPSA) is 107 Å². The summed E-state index contributed by atoms with van der Waals surface area (Å²) in [5.74, 6) is -14.2. The van der Waals surface area contributed by atoms with Gasteiger partial charge < -0.3 is 9.47 Å². The molecule has 0 spiro atoms. The van der Waals surface area contributed by atoms with Crippen molar-refractivity contribution in [2.75, 3.05) is 6.61 Å². The van der Waals surface area contributed by atoms with Crippen molar-refractivity contribution in [2.45, 2.75) is 75.0 Å². The van der Waals surface area contributed by atoms with Crippen LogP contribution >= 0.6 is 0 Å². The average Bonchev–Trinajstić information content (AvgIpc) is 2.65. The summed E-state index contributed by atoms with van der Waals surface area (Å²) in [5, 5.41) is -6.06. The number of ether oxygens (including phenoxy) is 2. The normalized spacial score (nSPS) is 18.5. The number of rotatable bonds is 11. The van der Waals surface area contributed by atoms with E-state index < -0.39 is 76.0 Å². The van der Waals surface area contributed by atoms with Gasteiger partial charge in [0.05, 0.1) is 6.61 Å². The Morgan fingerprint density at radius 2 is 1.55 bits per heavy atom. The number of Topliss-reactive ketones (excluding diaryl/α,β-unsaturated/α-hetero) is 1. The molecule has 0 radical (unpaired) electrons. The SMILES string of the molecule is C=C(C)C(=O)OC(OCCC(F)(F)C(F)(F)S(=O)(=O)O)(C(=O)CC1CCCCC1)C(F)(F)F. The van der Waals surface area contributed by atoms with Crippen molar-refractivity contribution < 1.29 is 62.8 Å². The fourth-order valence-electron chi connectivity index (χ4n) is 3.13. The molecule has 0 aromatic heterocycles. The van der Waals surface area contributed by atoms with Crippen LogP contribution in [0.2, 0.25) is 0 Å². The molecule has 0 aromatic rings. The summed E-state index contributed by atoms with van der Waals surface area (Å²) in [4.78, 5) is 24.4. The molecule has 1 fully saturated rings. The molecule has 1 rings (SSSR count). The molecule has 33 heavy (non-hydrogen) atoms. The molecule has 1 aliphatic carbocycles. The third kappa shape index (κ3) is 6.66. The second kappa shape index (κ2) is 10.3. The van der Waals surface area contributed by atoms with Gasteiger partial charge in [0.15, 0.2) is 0 Å². The molecule has 0 aliphatic heterocycles. The molecular weight excluding hydrogens is 493 g/mol. The van der Waals surface area contributed by atoms with Crippen molar-refractivity contribution in [1.29, 1.82) is 0 Å². The van der Waals surface area contributed by atoms with E-state index in [1.54, 1.807) is 0 Å². The summed E-state index contributed by atoms with van der Waals surface area (Å²) < 4.78 is 134. The van der Waals surface area contributed by atoms with Gasteiger partial charge in [0.2, 0.25) is 5.78 Å². The fourth-order valence-corrected chi connectivity index (χ4v) is 3.61. The van der Waals surface area contributed by atoms with Crippen LogP contribution in [0.1, 0.15) is 51.9 Å². The molecule has 15 heteroatoms. The second-order valence-corrected chi connectivity index (χ2v) is 9.17. The van der Waals surface area contributed by atoms with Gasteiger partial charge >= 0.3 is 39.2 Å². The Bertz CT molecular complexity index is 849. The summed E-state index contributed by atoms with van der Waals surface area (Å²) in [6.07, 6.45) is -6.25. The van der Waals surface area contributed by atoms with E-state index in [0.29, 0.717) is 25.7 Å². The molecule has 0 bridgehead atoms. The summed E-state index contributed by atoms with van der Waals surface area (Å²) in [7, 11) is -6.65. The zero-order valence-corrected chi connectivity index (χ0v) is 18.2. The van der Waals surface area contributed by atoms with Crippen LogP contribution < -0.4 is 0 Å². The van der Waals surface area contributed by atoms with Crippen LogP contribution in [0.25, 0.3) is 0 Å². The van der Waals surface area contributed by atoms with Gasteiger partial charge in [-0.3, -0.25) is 9.35 Å². The number of esters is 1. The molecule has 0 saturated heterocycles. The van der Waals surface area contributed by atoms with Crippen LogP contribution in [0.4, 0.5) is 30.7 Å². The third-order valence-corrected chi connectivity index (χ3v) is 5.94. The number of halogens is 7. The van der Waals surface area contributed by atoms with Gasteiger partial charge in [-0.05, 0) is 12.8 Å². The molecular formula is C18H23F7O7S. The largest absolute Gasteiger partial charge is 0.463 e. The van der Waals surface area contributed by atoms with Crippen LogP contribution in [-0.4, -0.2) is 54.5 Å². The Hall–Kier alpha value is -1.74. The molecule has 1 saturated carbocycles. The van der Waals surface area contributed by atoms with Crippen LogP contribution in [0, 0.1) is 5.92 Å². The molecule has 1 N–H and O–H groups in total. The van der Waals surface area contributed by atoms with E-state index in [1.807, 2.05) is 0 Å². The van der Waals surface area contributed by atoms with E-state index in [9.17, 15) is 48.7 Å². The molecule has 1 unspecified atom stereocenters. The zero-order valence-electron chi connectivity index (χ0n) is 17.4. The third-order valence-electron chi connectivity index (χ3n) is 5.00. The molecule has 1 atom stereocenters. The summed E-state index contributed by atoms with van der Waals surface area (Å²) >= 11 is 0. The van der Waals surface area contributed by atoms with Crippen molar-refractivity contribution in [2.24, 2.45) is 5.92 Å². The number of hydrogen-bond donors (Lipinski definition) is 1. The fraction of sp³-hybridized carbons (Fsp3) is 0.778. The smallest absolute Gasteiger partial charge is 0.413 e. The number of alkyl halides is 7. The quantitative estimate of drug-likeness (QED) is 0.142. The van der Waals surface area contributed by atoms with Gasteiger partial charge in [-0.25, -0.2) is 4.79 Å². The van der Waals surface area contributed by atoms with Gasteiger partial charge in [0.1, 0.15) is 0 Å². The Morgan fingerprint density at radius 3 is 1.97 bits per heavy atom. The minimum absolute atomic E-state index is 0.368. The lowest BCUT2D eigenvalue weighted by molar-refractivity contribution is -0.349. The summed E-state index contributed by atoms with van der Waals surface area (Å²) in [6, 6.07) is 0. The van der Waals surface area contributed by atoms with E-state index in [1.165, 1.54) is 0 Å². The molecule has 0 heterocycles. The number of ketones is 1. The highest BCUT2D eigenvalue weighted by Gasteiger charge is 2.68. The lowest BCUT2D eigenvalue weighted by atomic mass is 9.84. The van der Waals surface area contributed by atoms with Crippen molar-refractivity contribution in [1.82, 2.24) is 0 Å². The van der Waals surface area contributed by atoms with Gasteiger partial charge in [-0.1, -0.05) is 38.7 Å². The monoisotopic (exact) mass is 516 g/mol. The summed E-state index contributed by atoms with van der Waals surface area (Å²) in [5.41, 5.74) is -0.610. The minimum atomic E-state index is -6.65. The molecule has 0 aromatic carbocycles. The first-order valence-electron chi connectivity index (χ1n) is 9.64. The summed E-state index contributed by atoms with van der Waals surface area (Å²) in [6.45, 7) is 1.99. The van der Waals surface area contributed by atoms with Crippen LogP contribution in [0.15, 0.2) is 12.2 Å². The first kappa shape index (κ1) is 29.3. The van der Waals surface area contributed by atoms with Crippen molar-refractivity contribution >= 4 is 21.9 Å². The van der Waals surface area contributed by atoms with E-state index in [2.05, 4.69) is 16.1 Å². The van der Waals surface area contributed by atoms with E-state index >= 15 is 0 Å². The molecule has 192 valence electrons. The van der Waals surface area contributed by atoms with E-state index in [0.717, 1.165) is 13.3 Å². The van der Waals surface area contributed by atoms with Crippen LogP contribution in [0.3, 0.4) is 0 Å². The lowest BCUT2D eigenvalue weighted by Crippen LogP contribution is -2.58. The first-order chi connectivity index (χ1) is 14.8. The predicted molar refractivity (Wildman–Crippen MR) is 97.9 cm³/mol. The van der Waals surface area contributed by atoms with Crippen molar-refractivity contribution in [3.8, 4) is 0 Å². The Balaban J connectivity index is 3.26. The Kier molecular flexibility index (Phi) is 9.10. The maximum atomic E-state index is 13.9. The zero-order chi connectivity index (χ0) is 25.9. The highest BCUT2D eigenvalue weighted by atomic mass is 32.2. The first-order valence-corrected chi connectivity index (χ1v) is 11.1. The highest BCUT2D eigenvalue weighted by molar-refractivity contribution is 7.87. The lowest BCUT2D eigenvalue weighted by Gasteiger charge is -2.35. The molecule has 7 nitrogen and oxygen atoms in total. The van der Waals surface area contributed by atoms with Gasteiger partial charge in [0, 0.05) is 18.4 Å². The minimum Gasteiger partial charge on any atom is -0.413 e. The van der Waals surface area contributed by atoms with Crippen LogP contribution in [0.5, 0.6) is 0 Å². The van der Waals surface area contributed by atoms with Gasteiger partial charge in [-0.2, -0.15) is 39.2 Å². The number of hydrogen-bond acceptors (Lipinski definition) is 6. The number of carbonyl (C=O) groups is 2. The maximum absolute atomic E-state index is 13.9. The van der Waals surface area contributed by atoms with Crippen molar-refractivity contribution in [3.05, 3.63) is 12.2 Å². The van der Waals surface area contributed by atoms with Gasteiger partial charge in [0.25, 0.3) is 0 Å². The maximum Gasteiger partial charge on any atom is 0.463 e. The van der Waals surface area contributed by atoms with Gasteiger partial charge in [-0.15, -0.1) is 0 Å². The Labute approximate surface area is 185 Å². The van der Waals surface area contributed by atoms with Crippen molar-refractivity contribution in [3.63, 3.8) is 0 Å². The van der Waals surface area contributed by atoms with E-state index in [4.69, 9.17) is 4.55 Å². The standard InChI is InChI=1S/C18H23F7O7S/c1-11(2)14(27)32-16(17(21,22)23,13(26)10-12-6-4-3-5-7-12)31-9-8-15(19,20)18(24,25)33(28,29)30/h12H,1,3-10H2,2H3,(H,28,29,30). The van der Waals surface area contributed by atoms with Crippen LogP contribution in [-0.2, 0) is 29.2 Å².